The number of halogens is 6. The average Bonchev–Trinajstić information content (AvgIpc) is 2.73. The highest BCUT2D eigenvalue weighted by Gasteiger charge is 2.37. The lowest BCUT2D eigenvalue weighted by molar-refractivity contribution is -0.143. The van der Waals surface area contributed by atoms with Crippen LogP contribution in [0, 0.1) is 0 Å². The Hall–Kier alpha value is -3.24. The van der Waals surface area contributed by atoms with Crippen LogP contribution in [-0.2, 0) is 12.4 Å². The number of hydrogen-bond donors (Lipinski definition) is 2. The Morgan fingerprint density at radius 1 is 0.844 bits per heavy atom. The predicted octanol–water partition coefficient (Wildman–Crippen LogP) is 5.15. The molecule has 0 spiro atoms. The Morgan fingerprint density at radius 2 is 1.38 bits per heavy atom. The highest BCUT2D eigenvalue weighted by atomic mass is 19.4. The fourth-order valence-electron chi connectivity index (χ4n) is 3.31. The minimum absolute atomic E-state index is 0.0272. The van der Waals surface area contributed by atoms with Crippen LogP contribution in [0.4, 0.5) is 36.8 Å². The summed E-state index contributed by atoms with van der Waals surface area (Å²) >= 11 is 0. The summed E-state index contributed by atoms with van der Waals surface area (Å²) in [4.78, 5) is 26.2. The van der Waals surface area contributed by atoms with E-state index in [1.165, 1.54) is 4.90 Å². The molecule has 1 heterocycles. The Morgan fingerprint density at radius 3 is 1.88 bits per heavy atom. The molecule has 0 saturated carbocycles. The Bertz CT molecular complexity index is 935. The molecule has 3 amide bonds. The first kappa shape index (κ1) is 23.4. The standard InChI is InChI=1S/C21H19F6N3O2/c22-20(23,24)14-10-13(11-15(12-14)21(25,26)27)18(31)28-17-6-8-30(9-7-17)19(32)29-16-4-2-1-3-5-16/h1-5,10-12,17H,6-9H2,(H,28,31)(H,29,32). The van der Waals surface area contributed by atoms with Gasteiger partial charge in [0.15, 0.2) is 0 Å². The molecule has 2 aromatic rings. The van der Waals surface area contributed by atoms with E-state index in [1.54, 1.807) is 30.3 Å². The zero-order valence-electron chi connectivity index (χ0n) is 16.6. The lowest BCUT2D eigenvalue weighted by Crippen LogP contribution is -2.47. The molecule has 1 aliphatic heterocycles. The summed E-state index contributed by atoms with van der Waals surface area (Å²) in [6.07, 6.45) is -9.46. The van der Waals surface area contributed by atoms with E-state index in [2.05, 4.69) is 10.6 Å². The van der Waals surface area contributed by atoms with Crippen molar-refractivity contribution in [3.8, 4) is 0 Å². The van der Waals surface area contributed by atoms with Gasteiger partial charge < -0.3 is 15.5 Å². The summed E-state index contributed by atoms with van der Waals surface area (Å²) in [5, 5.41) is 5.19. The number of para-hydroxylation sites is 1. The van der Waals surface area contributed by atoms with E-state index in [4.69, 9.17) is 0 Å². The lowest BCUT2D eigenvalue weighted by Gasteiger charge is -2.32. The molecule has 5 nitrogen and oxygen atoms in total. The molecule has 0 bridgehead atoms. The topological polar surface area (TPSA) is 61.4 Å². The number of amides is 3. The van der Waals surface area contributed by atoms with E-state index >= 15 is 0 Å². The predicted molar refractivity (Wildman–Crippen MR) is 104 cm³/mol. The summed E-state index contributed by atoms with van der Waals surface area (Å²) in [7, 11) is 0. The summed E-state index contributed by atoms with van der Waals surface area (Å²) in [6.45, 7) is 0.528. The van der Waals surface area contributed by atoms with Crippen LogP contribution < -0.4 is 10.6 Å². The maximum atomic E-state index is 13.0. The van der Waals surface area contributed by atoms with E-state index in [1.807, 2.05) is 0 Å². The van der Waals surface area contributed by atoms with Crippen molar-refractivity contribution < 1.29 is 35.9 Å². The number of carbonyl (C=O) groups excluding carboxylic acids is 2. The van der Waals surface area contributed by atoms with Gasteiger partial charge in [-0.2, -0.15) is 26.3 Å². The highest BCUT2D eigenvalue weighted by Crippen LogP contribution is 2.36. The molecule has 2 aromatic carbocycles. The van der Waals surface area contributed by atoms with Crippen molar-refractivity contribution in [2.75, 3.05) is 18.4 Å². The largest absolute Gasteiger partial charge is 0.416 e. The number of hydrogen-bond acceptors (Lipinski definition) is 2. The molecular weight excluding hydrogens is 440 g/mol. The molecule has 1 saturated heterocycles. The third kappa shape index (κ3) is 5.92. The number of carbonyl (C=O) groups is 2. The minimum atomic E-state index is -5.03. The van der Waals surface area contributed by atoms with E-state index < -0.39 is 41.0 Å². The number of nitrogens with one attached hydrogen (secondary N) is 2. The smallest absolute Gasteiger partial charge is 0.349 e. The number of piperidine rings is 1. The third-order valence-electron chi connectivity index (χ3n) is 4.99. The number of benzene rings is 2. The molecule has 11 heteroatoms. The van der Waals surface area contributed by atoms with Crippen molar-refractivity contribution in [3.05, 3.63) is 65.2 Å². The normalized spacial score (nSPS) is 15.4. The SMILES string of the molecule is O=C(NC1CCN(C(=O)Nc2ccccc2)CC1)c1cc(C(F)(F)F)cc(C(F)(F)F)c1. The summed E-state index contributed by atoms with van der Waals surface area (Å²) in [5.74, 6) is -1.03. The number of anilines is 1. The van der Waals surface area contributed by atoms with Gasteiger partial charge in [-0.3, -0.25) is 4.79 Å². The van der Waals surface area contributed by atoms with E-state index in [0.29, 0.717) is 30.7 Å². The van der Waals surface area contributed by atoms with Crippen LogP contribution in [0.5, 0.6) is 0 Å². The number of rotatable bonds is 3. The monoisotopic (exact) mass is 459 g/mol. The molecule has 172 valence electrons. The van der Waals surface area contributed by atoms with Crippen molar-refractivity contribution >= 4 is 17.6 Å². The summed E-state index contributed by atoms with van der Waals surface area (Å²) < 4.78 is 77.9. The Labute approximate surface area is 179 Å². The first-order valence-corrected chi connectivity index (χ1v) is 9.65. The second-order valence-electron chi connectivity index (χ2n) is 7.33. The molecule has 0 aliphatic carbocycles. The van der Waals surface area contributed by atoms with E-state index in [9.17, 15) is 35.9 Å². The fourth-order valence-corrected chi connectivity index (χ4v) is 3.31. The van der Waals surface area contributed by atoms with Crippen LogP contribution in [0.1, 0.15) is 34.3 Å². The lowest BCUT2D eigenvalue weighted by atomic mass is 10.0. The van der Waals surface area contributed by atoms with E-state index in [0.717, 1.165) is 0 Å². The van der Waals surface area contributed by atoms with Gasteiger partial charge in [0.1, 0.15) is 0 Å². The van der Waals surface area contributed by atoms with Gasteiger partial charge in [0.25, 0.3) is 5.91 Å². The quantitative estimate of drug-likeness (QED) is 0.624. The molecular formula is C21H19F6N3O2. The fraction of sp³-hybridized carbons (Fsp3) is 0.333. The zero-order chi connectivity index (χ0) is 23.5. The van der Waals surface area contributed by atoms with Crippen molar-refractivity contribution in [1.82, 2.24) is 10.2 Å². The van der Waals surface area contributed by atoms with Gasteiger partial charge in [0.05, 0.1) is 11.1 Å². The van der Waals surface area contributed by atoms with Crippen molar-refractivity contribution in [1.29, 1.82) is 0 Å². The number of likely N-dealkylation sites (tertiary alicyclic amines) is 1. The molecule has 1 aliphatic rings. The van der Waals surface area contributed by atoms with Gasteiger partial charge in [-0.15, -0.1) is 0 Å². The summed E-state index contributed by atoms with van der Waals surface area (Å²) in [6, 6.07) is 8.68. The van der Waals surface area contributed by atoms with Gasteiger partial charge in [-0.05, 0) is 43.2 Å². The van der Waals surface area contributed by atoms with E-state index in [-0.39, 0.29) is 25.2 Å². The first-order valence-electron chi connectivity index (χ1n) is 9.65. The maximum absolute atomic E-state index is 13.0. The molecule has 1 fully saturated rings. The zero-order valence-corrected chi connectivity index (χ0v) is 16.6. The molecule has 3 rings (SSSR count). The van der Waals surface area contributed by atoms with Crippen molar-refractivity contribution in [2.45, 2.75) is 31.2 Å². The van der Waals surface area contributed by atoms with Gasteiger partial charge in [0.2, 0.25) is 0 Å². The maximum Gasteiger partial charge on any atom is 0.416 e. The molecule has 0 aromatic heterocycles. The van der Waals surface area contributed by atoms with Gasteiger partial charge >= 0.3 is 18.4 Å². The van der Waals surface area contributed by atoms with Crippen LogP contribution in [0.3, 0.4) is 0 Å². The molecule has 0 atom stereocenters. The van der Waals surface area contributed by atoms with Gasteiger partial charge in [0, 0.05) is 30.4 Å². The van der Waals surface area contributed by atoms with Crippen LogP contribution in [0.25, 0.3) is 0 Å². The molecule has 32 heavy (non-hydrogen) atoms. The highest BCUT2D eigenvalue weighted by molar-refractivity contribution is 5.95. The summed E-state index contributed by atoms with van der Waals surface area (Å²) in [5.41, 5.74) is -3.22. The molecule has 0 radical (unpaired) electrons. The number of urea groups is 1. The number of nitrogens with zero attached hydrogens (tertiary/aromatic N) is 1. The molecule has 0 unspecified atom stereocenters. The molecule has 2 N–H and O–H groups in total. The Kier molecular flexibility index (Phi) is 6.65. The number of alkyl halides is 6. The third-order valence-corrected chi connectivity index (χ3v) is 4.99. The van der Waals surface area contributed by atoms with Crippen LogP contribution in [-0.4, -0.2) is 36.0 Å². The van der Waals surface area contributed by atoms with Crippen LogP contribution in [0.2, 0.25) is 0 Å². The second kappa shape index (κ2) is 9.09. The van der Waals surface area contributed by atoms with Crippen LogP contribution in [0.15, 0.2) is 48.5 Å². The Balaban J connectivity index is 1.63. The van der Waals surface area contributed by atoms with Crippen molar-refractivity contribution in [2.24, 2.45) is 0 Å². The average molecular weight is 459 g/mol. The van der Waals surface area contributed by atoms with Crippen molar-refractivity contribution in [3.63, 3.8) is 0 Å². The minimum Gasteiger partial charge on any atom is -0.349 e. The van der Waals surface area contributed by atoms with Gasteiger partial charge in [-0.1, -0.05) is 18.2 Å². The first-order chi connectivity index (χ1) is 14.9. The van der Waals surface area contributed by atoms with Crippen LogP contribution >= 0.6 is 0 Å². The second-order valence-corrected chi connectivity index (χ2v) is 7.33. The van der Waals surface area contributed by atoms with Gasteiger partial charge in [-0.25, -0.2) is 4.79 Å².